The quantitative estimate of drug-likeness (QED) is 0.767. The van der Waals surface area contributed by atoms with Crippen LogP contribution in [-0.2, 0) is 0 Å². The third-order valence-electron chi connectivity index (χ3n) is 3.02. The normalized spacial score (nSPS) is 17.2. The molecule has 2 heterocycles. The Labute approximate surface area is 100 Å². The maximum atomic E-state index is 12.0. The fraction of sp³-hybridized carbons (Fsp3) is 0.636. The summed E-state index contributed by atoms with van der Waals surface area (Å²) in [5.41, 5.74) is 0. The molecule has 0 aliphatic carbocycles. The summed E-state index contributed by atoms with van der Waals surface area (Å²) in [6, 6.07) is 1.52. The standard InChI is InChI=1S/C11H17N3O3/c1-3-13-4-6-14(7-5-13)11(15)9-8-10(16-2)12-17-9/h8H,3-7H2,1-2H3. The van der Waals surface area contributed by atoms with Gasteiger partial charge in [-0.25, -0.2) is 0 Å². The number of piperazine rings is 1. The van der Waals surface area contributed by atoms with Gasteiger partial charge in [-0.1, -0.05) is 6.92 Å². The first-order chi connectivity index (χ1) is 8.24. The van der Waals surface area contributed by atoms with Crippen LogP contribution in [0.4, 0.5) is 0 Å². The van der Waals surface area contributed by atoms with Gasteiger partial charge in [-0.3, -0.25) is 4.79 Å². The van der Waals surface area contributed by atoms with Crippen molar-refractivity contribution in [3.8, 4) is 5.88 Å². The smallest absolute Gasteiger partial charge is 0.292 e. The van der Waals surface area contributed by atoms with Gasteiger partial charge in [0.05, 0.1) is 13.2 Å². The van der Waals surface area contributed by atoms with Crippen LogP contribution < -0.4 is 4.74 Å². The molecule has 0 spiro atoms. The topological polar surface area (TPSA) is 58.8 Å². The van der Waals surface area contributed by atoms with E-state index < -0.39 is 0 Å². The zero-order valence-corrected chi connectivity index (χ0v) is 10.2. The number of hydrogen-bond acceptors (Lipinski definition) is 5. The first-order valence-corrected chi connectivity index (χ1v) is 5.77. The summed E-state index contributed by atoms with van der Waals surface area (Å²) < 4.78 is 9.83. The molecule has 0 saturated carbocycles. The van der Waals surface area contributed by atoms with E-state index in [4.69, 9.17) is 9.26 Å². The first-order valence-electron chi connectivity index (χ1n) is 5.77. The maximum Gasteiger partial charge on any atom is 0.292 e. The second-order valence-electron chi connectivity index (χ2n) is 3.96. The van der Waals surface area contributed by atoms with E-state index in [1.165, 1.54) is 13.2 Å². The minimum atomic E-state index is -0.114. The van der Waals surface area contributed by atoms with Crippen molar-refractivity contribution in [2.45, 2.75) is 6.92 Å². The van der Waals surface area contributed by atoms with Crippen LogP contribution in [0, 0.1) is 0 Å². The molecule has 17 heavy (non-hydrogen) atoms. The van der Waals surface area contributed by atoms with Crippen molar-refractivity contribution in [2.75, 3.05) is 39.8 Å². The number of carbonyl (C=O) groups excluding carboxylic acids is 1. The summed E-state index contributed by atoms with van der Waals surface area (Å²) in [7, 11) is 1.49. The van der Waals surface area contributed by atoms with Crippen LogP contribution in [0.5, 0.6) is 5.88 Å². The van der Waals surface area contributed by atoms with Gasteiger partial charge in [0.25, 0.3) is 11.8 Å². The molecule has 0 unspecified atom stereocenters. The predicted octanol–water partition coefficient (Wildman–Crippen LogP) is 0.461. The molecule has 6 heteroatoms. The van der Waals surface area contributed by atoms with E-state index >= 15 is 0 Å². The monoisotopic (exact) mass is 239 g/mol. The van der Waals surface area contributed by atoms with E-state index in [0.29, 0.717) is 5.88 Å². The molecule has 2 rings (SSSR count). The molecule has 6 nitrogen and oxygen atoms in total. The molecule has 1 aromatic heterocycles. The number of methoxy groups -OCH3 is 1. The Morgan fingerprint density at radius 1 is 1.47 bits per heavy atom. The van der Waals surface area contributed by atoms with Crippen molar-refractivity contribution in [1.82, 2.24) is 15.0 Å². The molecule has 1 aliphatic rings. The Kier molecular flexibility index (Phi) is 3.63. The highest BCUT2D eigenvalue weighted by Gasteiger charge is 2.24. The van der Waals surface area contributed by atoms with Crippen molar-refractivity contribution in [3.63, 3.8) is 0 Å². The van der Waals surface area contributed by atoms with Gasteiger partial charge >= 0.3 is 0 Å². The summed E-state index contributed by atoms with van der Waals surface area (Å²) in [5, 5.41) is 3.63. The molecule has 0 aromatic carbocycles. The second-order valence-corrected chi connectivity index (χ2v) is 3.96. The van der Waals surface area contributed by atoms with E-state index in [2.05, 4.69) is 17.0 Å². The molecule has 1 aromatic rings. The lowest BCUT2D eigenvalue weighted by atomic mass is 10.3. The lowest BCUT2D eigenvalue weighted by Crippen LogP contribution is -2.48. The van der Waals surface area contributed by atoms with Crippen LogP contribution >= 0.6 is 0 Å². The molecular formula is C11H17N3O3. The van der Waals surface area contributed by atoms with Gasteiger partial charge in [-0.05, 0) is 11.7 Å². The fourth-order valence-corrected chi connectivity index (χ4v) is 1.88. The highest BCUT2D eigenvalue weighted by Crippen LogP contribution is 2.14. The van der Waals surface area contributed by atoms with Crippen LogP contribution in [0.25, 0.3) is 0 Å². The number of rotatable bonds is 3. The Hall–Kier alpha value is -1.56. The average Bonchev–Trinajstić information content (AvgIpc) is 2.87. The highest BCUT2D eigenvalue weighted by molar-refractivity contribution is 5.91. The lowest BCUT2D eigenvalue weighted by Gasteiger charge is -2.33. The summed E-state index contributed by atoms with van der Waals surface area (Å²) in [5.74, 6) is 0.462. The van der Waals surface area contributed by atoms with Crippen LogP contribution in [0.3, 0.4) is 0 Å². The lowest BCUT2D eigenvalue weighted by molar-refractivity contribution is 0.0603. The number of hydrogen-bond donors (Lipinski definition) is 0. The molecule has 0 bridgehead atoms. The number of carbonyl (C=O) groups is 1. The van der Waals surface area contributed by atoms with Crippen LogP contribution in [0.1, 0.15) is 17.5 Å². The molecule has 94 valence electrons. The Morgan fingerprint density at radius 3 is 2.71 bits per heavy atom. The van der Waals surface area contributed by atoms with E-state index in [1.807, 2.05) is 0 Å². The summed E-state index contributed by atoms with van der Waals surface area (Å²) in [6.07, 6.45) is 0. The molecule has 1 fully saturated rings. The molecule has 0 atom stereocenters. The Balaban J connectivity index is 1.96. The van der Waals surface area contributed by atoms with Crippen molar-refractivity contribution in [1.29, 1.82) is 0 Å². The van der Waals surface area contributed by atoms with E-state index in [9.17, 15) is 4.79 Å². The SMILES string of the molecule is CCN1CCN(C(=O)c2cc(OC)no2)CC1. The van der Waals surface area contributed by atoms with Gasteiger partial charge in [-0.15, -0.1) is 0 Å². The van der Waals surface area contributed by atoms with E-state index in [1.54, 1.807) is 4.90 Å². The molecule has 0 N–H and O–H groups in total. The molecule has 1 aliphatic heterocycles. The van der Waals surface area contributed by atoms with Gasteiger partial charge in [-0.2, -0.15) is 0 Å². The van der Waals surface area contributed by atoms with E-state index in [0.717, 1.165) is 32.7 Å². The van der Waals surface area contributed by atoms with Crippen LogP contribution in [0.2, 0.25) is 0 Å². The van der Waals surface area contributed by atoms with Crippen molar-refractivity contribution < 1.29 is 14.1 Å². The van der Waals surface area contributed by atoms with Gasteiger partial charge < -0.3 is 19.1 Å². The summed E-state index contributed by atoms with van der Waals surface area (Å²) in [4.78, 5) is 16.1. The highest BCUT2D eigenvalue weighted by atomic mass is 16.5. The molecule has 1 amide bonds. The van der Waals surface area contributed by atoms with E-state index in [-0.39, 0.29) is 11.7 Å². The largest absolute Gasteiger partial charge is 0.479 e. The van der Waals surface area contributed by atoms with Gasteiger partial charge in [0, 0.05) is 26.2 Å². The number of likely N-dealkylation sites (N-methyl/N-ethyl adjacent to an activating group) is 1. The second kappa shape index (κ2) is 5.18. The molecule has 1 saturated heterocycles. The third-order valence-corrected chi connectivity index (χ3v) is 3.02. The number of nitrogens with zero attached hydrogens (tertiary/aromatic N) is 3. The van der Waals surface area contributed by atoms with Crippen molar-refractivity contribution >= 4 is 5.91 Å². The van der Waals surface area contributed by atoms with Crippen LogP contribution in [-0.4, -0.2) is 60.7 Å². The Bertz CT molecular complexity index is 383. The number of aromatic nitrogens is 1. The number of ether oxygens (including phenoxy) is 1. The predicted molar refractivity (Wildman–Crippen MR) is 61.1 cm³/mol. The minimum absolute atomic E-state index is 0.114. The molecule has 0 radical (unpaired) electrons. The maximum absolute atomic E-state index is 12.0. The molecular weight excluding hydrogens is 222 g/mol. The summed E-state index contributed by atoms with van der Waals surface area (Å²) in [6.45, 7) is 6.43. The Morgan fingerprint density at radius 2 is 2.18 bits per heavy atom. The van der Waals surface area contributed by atoms with Crippen molar-refractivity contribution in [3.05, 3.63) is 11.8 Å². The summed E-state index contributed by atoms with van der Waals surface area (Å²) >= 11 is 0. The van der Waals surface area contributed by atoms with Gasteiger partial charge in [0.15, 0.2) is 0 Å². The van der Waals surface area contributed by atoms with Crippen LogP contribution in [0.15, 0.2) is 10.6 Å². The fourth-order valence-electron chi connectivity index (χ4n) is 1.88. The minimum Gasteiger partial charge on any atom is -0.479 e. The average molecular weight is 239 g/mol. The zero-order chi connectivity index (χ0) is 12.3. The van der Waals surface area contributed by atoms with Gasteiger partial charge in [0.1, 0.15) is 0 Å². The van der Waals surface area contributed by atoms with Crippen molar-refractivity contribution in [2.24, 2.45) is 0 Å². The zero-order valence-electron chi connectivity index (χ0n) is 10.2. The first kappa shape index (κ1) is 11.9. The number of amides is 1. The van der Waals surface area contributed by atoms with Gasteiger partial charge in [0.2, 0.25) is 5.76 Å². The third kappa shape index (κ3) is 2.58.